The van der Waals surface area contributed by atoms with Gasteiger partial charge in [0.05, 0.1) is 0 Å². The van der Waals surface area contributed by atoms with E-state index in [0.717, 1.165) is 10.2 Å². The van der Waals surface area contributed by atoms with Crippen LogP contribution >= 0.6 is 15.9 Å². The highest BCUT2D eigenvalue weighted by molar-refractivity contribution is 9.10. The van der Waals surface area contributed by atoms with Crippen molar-refractivity contribution < 1.29 is 9.59 Å². The van der Waals surface area contributed by atoms with Gasteiger partial charge < -0.3 is 15.5 Å². The van der Waals surface area contributed by atoms with Crippen LogP contribution in [0.5, 0.6) is 0 Å². The quantitative estimate of drug-likeness (QED) is 0.866. The molecule has 118 valence electrons. The summed E-state index contributed by atoms with van der Waals surface area (Å²) in [6, 6.07) is 15.9. The largest absolute Gasteiger partial charge is 0.326 e. The number of nitrogens with one attached hydrogen (secondary N) is 2. The fourth-order valence-corrected chi connectivity index (χ4v) is 2.80. The van der Waals surface area contributed by atoms with E-state index in [4.69, 9.17) is 0 Å². The van der Waals surface area contributed by atoms with E-state index in [0.29, 0.717) is 18.7 Å². The van der Waals surface area contributed by atoms with E-state index in [1.54, 1.807) is 17.0 Å². The number of hydrogen-bond donors (Lipinski definition) is 2. The van der Waals surface area contributed by atoms with Gasteiger partial charge in [-0.2, -0.15) is 0 Å². The smallest absolute Gasteiger partial charge is 0.319 e. The van der Waals surface area contributed by atoms with Gasteiger partial charge in [0.15, 0.2) is 0 Å². The normalized spacial score (nSPS) is 17.2. The lowest BCUT2D eigenvalue weighted by molar-refractivity contribution is -0.118. The van der Waals surface area contributed by atoms with E-state index in [2.05, 4.69) is 26.6 Å². The number of amides is 3. The molecule has 23 heavy (non-hydrogen) atoms. The summed E-state index contributed by atoms with van der Waals surface area (Å²) in [6.07, 6.45) is 0.599. The molecule has 1 fully saturated rings. The van der Waals surface area contributed by atoms with Crippen molar-refractivity contribution in [1.29, 1.82) is 0 Å². The molecule has 3 rings (SSSR count). The highest BCUT2D eigenvalue weighted by Gasteiger charge is 2.33. The predicted octanol–water partition coefficient (Wildman–Crippen LogP) is 3.38. The molecule has 1 unspecified atom stereocenters. The molecule has 1 aliphatic heterocycles. The molecule has 2 aromatic rings. The monoisotopic (exact) mass is 373 g/mol. The molecule has 0 spiro atoms. The van der Waals surface area contributed by atoms with E-state index in [-0.39, 0.29) is 11.9 Å². The number of nitrogens with zero attached hydrogens (tertiary/aromatic N) is 1. The Morgan fingerprint density at radius 3 is 2.48 bits per heavy atom. The molecule has 0 saturated carbocycles. The summed E-state index contributed by atoms with van der Waals surface area (Å²) in [6.45, 7) is 0.603. The summed E-state index contributed by atoms with van der Waals surface area (Å²) in [5.41, 5.74) is 1.53. The Labute approximate surface area is 142 Å². The summed E-state index contributed by atoms with van der Waals surface area (Å²) in [5.74, 6) is -0.0813. The summed E-state index contributed by atoms with van der Waals surface area (Å²) < 4.78 is 0.938. The molecule has 0 radical (unpaired) electrons. The van der Waals surface area contributed by atoms with E-state index >= 15 is 0 Å². The fourth-order valence-electron chi connectivity index (χ4n) is 2.54. The average molecular weight is 374 g/mol. The summed E-state index contributed by atoms with van der Waals surface area (Å²) >= 11 is 3.34. The van der Waals surface area contributed by atoms with Gasteiger partial charge in [0, 0.05) is 22.4 Å². The highest BCUT2D eigenvalue weighted by Crippen LogP contribution is 2.21. The zero-order chi connectivity index (χ0) is 16.2. The lowest BCUT2D eigenvalue weighted by atomic mass is 10.2. The number of carbonyl (C=O) groups is 2. The van der Waals surface area contributed by atoms with Gasteiger partial charge in [-0.3, -0.25) is 4.79 Å². The fraction of sp³-hybridized carbons (Fsp3) is 0.176. The molecule has 5 nitrogen and oxygen atoms in total. The number of para-hydroxylation sites is 1. The van der Waals surface area contributed by atoms with Crippen molar-refractivity contribution in [3.8, 4) is 0 Å². The summed E-state index contributed by atoms with van der Waals surface area (Å²) in [7, 11) is 0. The first-order valence-electron chi connectivity index (χ1n) is 7.33. The van der Waals surface area contributed by atoms with E-state index < -0.39 is 6.04 Å². The molecule has 0 aliphatic carbocycles. The number of hydrogen-bond acceptors (Lipinski definition) is 2. The standard InChI is InChI=1S/C17H16BrN3O2/c18-12-6-8-13(9-7-12)19-17(23)20-15-10-11-21(16(15)22)14-4-2-1-3-5-14/h1-9,15H,10-11H2,(H2,19,20,23). The van der Waals surface area contributed by atoms with E-state index in [1.807, 2.05) is 42.5 Å². The van der Waals surface area contributed by atoms with Crippen molar-refractivity contribution in [3.05, 3.63) is 59.1 Å². The third-order valence-electron chi connectivity index (χ3n) is 3.68. The van der Waals surface area contributed by atoms with Crippen LogP contribution in [0, 0.1) is 0 Å². The molecule has 1 heterocycles. The number of urea groups is 1. The lowest BCUT2D eigenvalue weighted by Gasteiger charge is -2.17. The van der Waals surface area contributed by atoms with Gasteiger partial charge in [0.2, 0.25) is 5.91 Å². The Kier molecular flexibility index (Phi) is 4.62. The Bertz CT molecular complexity index is 704. The van der Waals surface area contributed by atoms with Crippen LogP contribution in [0.4, 0.5) is 16.2 Å². The lowest BCUT2D eigenvalue weighted by Crippen LogP contribution is -2.43. The molecule has 2 aromatic carbocycles. The van der Waals surface area contributed by atoms with Crippen molar-refractivity contribution >= 4 is 39.2 Å². The maximum Gasteiger partial charge on any atom is 0.319 e. The van der Waals surface area contributed by atoms with Gasteiger partial charge in [-0.15, -0.1) is 0 Å². The molecular weight excluding hydrogens is 358 g/mol. The predicted molar refractivity (Wildman–Crippen MR) is 93.5 cm³/mol. The molecule has 1 aliphatic rings. The minimum Gasteiger partial charge on any atom is -0.326 e. The van der Waals surface area contributed by atoms with Crippen LogP contribution in [-0.2, 0) is 4.79 Å². The second kappa shape index (κ2) is 6.83. The summed E-state index contributed by atoms with van der Waals surface area (Å²) in [5, 5.41) is 5.47. The molecule has 0 bridgehead atoms. The topological polar surface area (TPSA) is 61.4 Å². The van der Waals surface area contributed by atoms with Gasteiger partial charge in [-0.1, -0.05) is 34.1 Å². The maximum atomic E-state index is 12.4. The number of halogens is 1. The summed E-state index contributed by atoms with van der Waals surface area (Å²) in [4.78, 5) is 26.2. The molecule has 1 atom stereocenters. The van der Waals surface area contributed by atoms with E-state index in [9.17, 15) is 9.59 Å². The van der Waals surface area contributed by atoms with Crippen LogP contribution in [-0.4, -0.2) is 24.5 Å². The molecule has 6 heteroatoms. The van der Waals surface area contributed by atoms with Gasteiger partial charge in [0.25, 0.3) is 0 Å². The number of carbonyl (C=O) groups excluding carboxylic acids is 2. The van der Waals surface area contributed by atoms with Gasteiger partial charge in [0.1, 0.15) is 6.04 Å². The minimum atomic E-state index is -0.495. The highest BCUT2D eigenvalue weighted by atomic mass is 79.9. The first-order valence-corrected chi connectivity index (χ1v) is 8.12. The zero-order valence-corrected chi connectivity index (χ0v) is 13.9. The molecular formula is C17H16BrN3O2. The Morgan fingerprint density at radius 2 is 1.78 bits per heavy atom. The van der Waals surface area contributed by atoms with Crippen LogP contribution in [0.15, 0.2) is 59.1 Å². The third-order valence-corrected chi connectivity index (χ3v) is 4.21. The number of rotatable bonds is 3. The Hall–Kier alpha value is -2.34. The first-order chi connectivity index (χ1) is 11.1. The second-order valence-electron chi connectivity index (χ2n) is 5.27. The molecule has 3 amide bonds. The SMILES string of the molecule is O=C(Nc1ccc(Br)cc1)NC1CCN(c2ccccc2)C1=O. The van der Waals surface area contributed by atoms with Crippen LogP contribution in [0.3, 0.4) is 0 Å². The van der Waals surface area contributed by atoms with Crippen molar-refractivity contribution in [2.75, 3.05) is 16.8 Å². The molecule has 2 N–H and O–H groups in total. The Balaban J connectivity index is 1.59. The van der Waals surface area contributed by atoms with Crippen LogP contribution in [0.2, 0.25) is 0 Å². The first kappa shape index (κ1) is 15.6. The van der Waals surface area contributed by atoms with Crippen molar-refractivity contribution in [2.45, 2.75) is 12.5 Å². The number of anilines is 2. The number of benzene rings is 2. The van der Waals surface area contributed by atoms with Crippen LogP contribution in [0.1, 0.15) is 6.42 Å². The maximum absolute atomic E-state index is 12.4. The van der Waals surface area contributed by atoms with Crippen LogP contribution < -0.4 is 15.5 Å². The average Bonchev–Trinajstić information content (AvgIpc) is 2.91. The van der Waals surface area contributed by atoms with Crippen molar-refractivity contribution in [2.24, 2.45) is 0 Å². The van der Waals surface area contributed by atoms with Gasteiger partial charge >= 0.3 is 6.03 Å². The Morgan fingerprint density at radius 1 is 1.09 bits per heavy atom. The van der Waals surface area contributed by atoms with Gasteiger partial charge in [-0.05, 0) is 42.8 Å². The third kappa shape index (κ3) is 3.71. The minimum absolute atomic E-state index is 0.0813. The van der Waals surface area contributed by atoms with Crippen LogP contribution in [0.25, 0.3) is 0 Å². The van der Waals surface area contributed by atoms with Crippen molar-refractivity contribution in [1.82, 2.24) is 5.32 Å². The molecule has 0 aromatic heterocycles. The second-order valence-corrected chi connectivity index (χ2v) is 6.19. The zero-order valence-electron chi connectivity index (χ0n) is 12.3. The van der Waals surface area contributed by atoms with Crippen molar-refractivity contribution in [3.63, 3.8) is 0 Å². The van der Waals surface area contributed by atoms with Gasteiger partial charge in [-0.25, -0.2) is 4.79 Å². The van der Waals surface area contributed by atoms with E-state index in [1.165, 1.54) is 0 Å². The molecule has 1 saturated heterocycles.